The second-order valence-electron chi connectivity index (χ2n) is 6.47. The summed E-state index contributed by atoms with van der Waals surface area (Å²) in [6.45, 7) is 7.47. The van der Waals surface area contributed by atoms with Crippen molar-refractivity contribution in [3.8, 4) is 0 Å². The molecule has 4 heteroatoms. The van der Waals surface area contributed by atoms with Gasteiger partial charge in [0.1, 0.15) is 0 Å². The monoisotopic (exact) mass is 255 g/mol. The molecule has 4 nitrogen and oxygen atoms in total. The fraction of sp³-hybridized carbons (Fsp3) is 0.929. The van der Waals surface area contributed by atoms with Crippen molar-refractivity contribution in [2.45, 2.75) is 64.5 Å². The summed E-state index contributed by atoms with van der Waals surface area (Å²) < 4.78 is 0. The summed E-state index contributed by atoms with van der Waals surface area (Å²) in [5, 5.41) is 6.37. The maximum Gasteiger partial charge on any atom is 0.222 e. The summed E-state index contributed by atoms with van der Waals surface area (Å²) in [7, 11) is 0. The highest BCUT2D eigenvalue weighted by Gasteiger charge is 2.19. The van der Waals surface area contributed by atoms with Gasteiger partial charge in [-0.05, 0) is 39.7 Å². The van der Waals surface area contributed by atoms with E-state index in [0.717, 1.165) is 12.5 Å². The van der Waals surface area contributed by atoms with Crippen LogP contribution in [0.5, 0.6) is 0 Å². The molecule has 0 radical (unpaired) electrons. The van der Waals surface area contributed by atoms with E-state index in [-0.39, 0.29) is 17.5 Å². The van der Waals surface area contributed by atoms with Crippen molar-refractivity contribution in [2.75, 3.05) is 13.1 Å². The zero-order chi connectivity index (χ0) is 13.6. The highest BCUT2D eigenvalue weighted by atomic mass is 16.1. The SMILES string of the molecule is CC(C)(C)NC(=O)CC(CN)NCCC1CCC1. The average Bonchev–Trinajstić information content (AvgIpc) is 2.17. The van der Waals surface area contributed by atoms with Crippen LogP contribution >= 0.6 is 0 Å². The van der Waals surface area contributed by atoms with Gasteiger partial charge in [0, 0.05) is 24.5 Å². The molecule has 0 bridgehead atoms. The van der Waals surface area contributed by atoms with Gasteiger partial charge >= 0.3 is 0 Å². The van der Waals surface area contributed by atoms with Crippen LogP contribution in [0.25, 0.3) is 0 Å². The van der Waals surface area contributed by atoms with Crippen molar-refractivity contribution >= 4 is 5.91 Å². The Morgan fingerprint density at radius 3 is 2.50 bits per heavy atom. The van der Waals surface area contributed by atoms with Gasteiger partial charge in [-0.3, -0.25) is 4.79 Å². The molecular formula is C14H29N3O. The van der Waals surface area contributed by atoms with Gasteiger partial charge in [-0.25, -0.2) is 0 Å². The Labute approximate surface area is 111 Å². The van der Waals surface area contributed by atoms with Crippen LogP contribution in [0.15, 0.2) is 0 Å². The largest absolute Gasteiger partial charge is 0.351 e. The molecule has 0 aromatic heterocycles. The second kappa shape index (κ2) is 7.10. The molecule has 18 heavy (non-hydrogen) atoms. The molecule has 1 atom stereocenters. The average molecular weight is 255 g/mol. The van der Waals surface area contributed by atoms with Gasteiger partial charge in [-0.15, -0.1) is 0 Å². The maximum atomic E-state index is 11.8. The van der Waals surface area contributed by atoms with Crippen molar-refractivity contribution in [2.24, 2.45) is 11.7 Å². The van der Waals surface area contributed by atoms with Crippen LogP contribution in [0, 0.1) is 5.92 Å². The smallest absolute Gasteiger partial charge is 0.222 e. The van der Waals surface area contributed by atoms with Gasteiger partial charge in [0.15, 0.2) is 0 Å². The summed E-state index contributed by atoms with van der Waals surface area (Å²) >= 11 is 0. The van der Waals surface area contributed by atoms with Crippen LogP contribution in [0.3, 0.4) is 0 Å². The van der Waals surface area contributed by atoms with E-state index in [1.54, 1.807) is 0 Å². The van der Waals surface area contributed by atoms with E-state index in [2.05, 4.69) is 10.6 Å². The Hall–Kier alpha value is -0.610. The Bertz CT molecular complexity index is 256. The molecule has 1 unspecified atom stereocenters. The lowest BCUT2D eigenvalue weighted by atomic mass is 9.83. The van der Waals surface area contributed by atoms with E-state index in [9.17, 15) is 4.79 Å². The van der Waals surface area contributed by atoms with E-state index in [1.165, 1.54) is 25.7 Å². The first-order chi connectivity index (χ1) is 8.40. The van der Waals surface area contributed by atoms with Gasteiger partial charge in [0.05, 0.1) is 0 Å². The summed E-state index contributed by atoms with van der Waals surface area (Å²) in [6.07, 6.45) is 5.83. The van der Waals surface area contributed by atoms with E-state index in [1.807, 2.05) is 20.8 Å². The number of nitrogens with two attached hydrogens (primary N) is 1. The third-order valence-electron chi connectivity index (χ3n) is 3.44. The van der Waals surface area contributed by atoms with Crippen LogP contribution in [0.1, 0.15) is 52.9 Å². The molecular weight excluding hydrogens is 226 g/mol. The first-order valence-corrected chi connectivity index (χ1v) is 7.15. The molecule has 0 spiro atoms. The van der Waals surface area contributed by atoms with Gasteiger partial charge in [0.25, 0.3) is 0 Å². The van der Waals surface area contributed by atoms with Crippen molar-refractivity contribution in [1.29, 1.82) is 0 Å². The number of carbonyl (C=O) groups is 1. The van der Waals surface area contributed by atoms with Crippen LogP contribution in [0.2, 0.25) is 0 Å². The molecule has 0 aromatic carbocycles. The lowest BCUT2D eigenvalue weighted by Crippen LogP contribution is -2.46. The number of carbonyl (C=O) groups excluding carboxylic acids is 1. The predicted molar refractivity (Wildman–Crippen MR) is 75.3 cm³/mol. The van der Waals surface area contributed by atoms with E-state index >= 15 is 0 Å². The Balaban J connectivity index is 2.17. The molecule has 1 aliphatic carbocycles. The van der Waals surface area contributed by atoms with Gasteiger partial charge in [0.2, 0.25) is 5.91 Å². The second-order valence-corrected chi connectivity index (χ2v) is 6.47. The molecule has 0 aromatic rings. The predicted octanol–water partition coefficient (Wildman–Crippen LogP) is 1.40. The molecule has 4 N–H and O–H groups in total. The summed E-state index contributed by atoms with van der Waals surface area (Å²) in [6, 6.07) is 0.104. The van der Waals surface area contributed by atoms with Gasteiger partial charge < -0.3 is 16.4 Å². The van der Waals surface area contributed by atoms with Crippen molar-refractivity contribution in [3.63, 3.8) is 0 Å². The van der Waals surface area contributed by atoms with Gasteiger partial charge in [-0.2, -0.15) is 0 Å². The molecule has 1 amide bonds. The highest BCUT2D eigenvalue weighted by molar-refractivity contribution is 5.77. The number of nitrogens with one attached hydrogen (secondary N) is 2. The fourth-order valence-corrected chi connectivity index (χ4v) is 2.20. The van der Waals surface area contributed by atoms with Crippen molar-refractivity contribution in [1.82, 2.24) is 10.6 Å². The third-order valence-corrected chi connectivity index (χ3v) is 3.44. The Morgan fingerprint density at radius 1 is 1.39 bits per heavy atom. The van der Waals surface area contributed by atoms with Crippen molar-refractivity contribution < 1.29 is 4.79 Å². The minimum atomic E-state index is -0.165. The van der Waals surface area contributed by atoms with Gasteiger partial charge in [-0.1, -0.05) is 19.3 Å². The number of hydrogen-bond donors (Lipinski definition) is 3. The molecule has 1 rings (SSSR count). The lowest BCUT2D eigenvalue weighted by Gasteiger charge is -2.27. The standard InChI is InChI=1S/C14H29N3O/c1-14(2,3)17-13(18)9-12(10-15)16-8-7-11-5-4-6-11/h11-12,16H,4-10,15H2,1-3H3,(H,17,18). The topological polar surface area (TPSA) is 67.2 Å². The zero-order valence-corrected chi connectivity index (χ0v) is 12.1. The summed E-state index contributed by atoms with van der Waals surface area (Å²) in [5.74, 6) is 0.980. The minimum Gasteiger partial charge on any atom is -0.351 e. The lowest BCUT2D eigenvalue weighted by molar-refractivity contribution is -0.122. The van der Waals surface area contributed by atoms with E-state index in [0.29, 0.717) is 13.0 Å². The molecule has 0 heterocycles. The molecule has 0 aliphatic heterocycles. The van der Waals surface area contributed by atoms with E-state index in [4.69, 9.17) is 5.73 Å². The number of hydrogen-bond acceptors (Lipinski definition) is 3. The summed E-state index contributed by atoms with van der Waals surface area (Å²) in [4.78, 5) is 11.8. The molecule has 106 valence electrons. The van der Waals surface area contributed by atoms with Crippen LogP contribution in [0.4, 0.5) is 0 Å². The third kappa shape index (κ3) is 6.36. The molecule has 1 fully saturated rings. The molecule has 1 aliphatic rings. The van der Waals surface area contributed by atoms with Crippen LogP contribution in [-0.2, 0) is 4.79 Å². The minimum absolute atomic E-state index is 0.0779. The summed E-state index contributed by atoms with van der Waals surface area (Å²) in [5.41, 5.74) is 5.54. The quantitative estimate of drug-likeness (QED) is 0.644. The highest BCUT2D eigenvalue weighted by Crippen LogP contribution is 2.28. The molecule has 0 saturated heterocycles. The van der Waals surface area contributed by atoms with Crippen LogP contribution < -0.4 is 16.4 Å². The van der Waals surface area contributed by atoms with Crippen molar-refractivity contribution in [3.05, 3.63) is 0 Å². The first kappa shape index (κ1) is 15.4. The van der Waals surface area contributed by atoms with Crippen LogP contribution in [-0.4, -0.2) is 30.6 Å². The number of amides is 1. The Morgan fingerprint density at radius 2 is 2.06 bits per heavy atom. The van der Waals surface area contributed by atoms with E-state index < -0.39 is 0 Å². The number of rotatable bonds is 7. The normalized spacial score (nSPS) is 18.2. The molecule has 1 saturated carbocycles. The first-order valence-electron chi connectivity index (χ1n) is 7.15. The fourth-order valence-electron chi connectivity index (χ4n) is 2.20. The maximum absolute atomic E-state index is 11.8. The zero-order valence-electron chi connectivity index (χ0n) is 12.1. The Kier molecular flexibility index (Phi) is 6.09.